The van der Waals surface area contributed by atoms with Gasteiger partial charge in [0.2, 0.25) is 0 Å². The van der Waals surface area contributed by atoms with E-state index in [-0.39, 0.29) is 5.56 Å². The number of aromatic nitrogens is 2. The third-order valence-electron chi connectivity index (χ3n) is 2.59. The highest BCUT2D eigenvalue weighted by Crippen LogP contribution is 2.06. The first-order valence-corrected chi connectivity index (χ1v) is 5.55. The van der Waals surface area contributed by atoms with Crippen LogP contribution in [0.5, 0.6) is 0 Å². The van der Waals surface area contributed by atoms with Gasteiger partial charge in [-0.3, -0.25) is 14.6 Å². The molecule has 0 amide bonds. The predicted molar refractivity (Wildman–Crippen MR) is 58.7 cm³/mol. The Hall–Kier alpha value is -0.990. The van der Waals surface area contributed by atoms with Gasteiger partial charge in [-0.15, -0.1) is 0 Å². The number of H-pyrrole nitrogens is 1. The van der Waals surface area contributed by atoms with Crippen LogP contribution in [-0.4, -0.2) is 9.78 Å². The number of rotatable bonds is 5. The Morgan fingerprint density at radius 3 is 2.50 bits per heavy atom. The number of aromatic amines is 1. The van der Waals surface area contributed by atoms with Crippen molar-refractivity contribution >= 4 is 0 Å². The molecule has 0 aromatic carbocycles. The molecule has 1 aromatic heterocycles. The standard InChI is InChI=1S/C11H20N2O/c1-4-7-8-9-10(5-2)12-13(6-3)11(9)14/h12H,4-8H2,1-3H3. The molecule has 1 N–H and O–H groups in total. The van der Waals surface area contributed by atoms with E-state index in [0.717, 1.165) is 43.5 Å². The molecule has 0 aliphatic heterocycles. The minimum absolute atomic E-state index is 0.179. The molecule has 0 aliphatic rings. The summed E-state index contributed by atoms with van der Waals surface area (Å²) in [7, 11) is 0. The molecule has 3 heteroatoms. The zero-order valence-corrected chi connectivity index (χ0v) is 9.39. The van der Waals surface area contributed by atoms with Gasteiger partial charge in [0.15, 0.2) is 0 Å². The maximum Gasteiger partial charge on any atom is 0.269 e. The summed E-state index contributed by atoms with van der Waals surface area (Å²) in [5.74, 6) is 0. The van der Waals surface area contributed by atoms with Crippen molar-refractivity contribution in [1.82, 2.24) is 9.78 Å². The monoisotopic (exact) mass is 196 g/mol. The Balaban J connectivity index is 2.99. The molecule has 0 bridgehead atoms. The second-order valence-corrected chi connectivity index (χ2v) is 3.58. The van der Waals surface area contributed by atoms with E-state index >= 15 is 0 Å². The molecular formula is C11H20N2O. The minimum Gasteiger partial charge on any atom is -0.299 e. The van der Waals surface area contributed by atoms with Gasteiger partial charge in [0, 0.05) is 17.8 Å². The summed E-state index contributed by atoms with van der Waals surface area (Å²) in [5, 5.41) is 3.16. The molecule has 0 saturated heterocycles. The van der Waals surface area contributed by atoms with E-state index in [2.05, 4.69) is 18.9 Å². The summed E-state index contributed by atoms with van der Waals surface area (Å²) < 4.78 is 1.70. The molecule has 0 fully saturated rings. The Kier molecular flexibility index (Phi) is 3.98. The van der Waals surface area contributed by atoms with Crippen molar-refractivity contribution in [3.63, 3.8) is 0 Å². The SMILES string of the molecule is CCCCc1c(CC)[nH]n(CC)c1=O. The zero-order valence-electron chi connectivity index (χ0n) is 9.39. The van der Waals surface area contributed by atoms with Crippen LogP contribution in [0.2, 0.25) is 0 Å². The molecule has 1 rings (SSSR count). The smallest absolute Gasteiger partial charge is 0.269 e. The molecule has 0 unspecified atom stereocenters. The van der Waals surface area contributed by atoms with Crippen molar-refractivity contribution < 1.29 is 0 Å². The van der Waals surface area contributed by atoms with E-state index in [1.807, 2.05) is 6.92 Å². The Morgan fingerprint density at radius 2 is 2.00 bits per heavy atom. The van der Waals surface area contributed by atoms with Crippen LogP contribution in [0.15, 0.2) is 4.79 Å². The van der Waals surface area contributed by atoms with Gasteiger partial charge in [-0.25, -0.2) is 0 Å². The van der Waals surface area contributed by atoms with Gasteiger partial charge in [0.05, 0.1) is 0 Å². The van der Waals surface area contributed by atoms with Gasteiger partial charge >= 0.3 is 0 Å². The van der Waals surface area contributed by atoms with E-state index in [9.17, 15) is 4.79 Å². The van der Waals surface area contributed by atoms with E-state index in [1.54, 1.807) is 4.68 Å². The Labute approximate surface area is 85.1 Å². The lowest BCUT2D eigenvalue weighted by Crippen LogP contribution is -2.17. The summed E-state index contributed by atoms with van der Waals surface area (Å²) >= 11 is 0. The van der Waals surface area contributed by atoms with Gasteiger partial charge < -0.3 is 0 Å². The van der Waals surface area contributed by atoms with Crippen LogP contribution in [0.4, 0.5) is 0 Å². The number of nitrogens with one attached hydrogen (secondary N) is 1. The van der Waals surface area contributed by atoms with Gasteiger partial charge in [0.25, 0.3) is 5.56 Å². The molecule has 0 aliphatic carbocycles. The number of nitrogens with zero attached hydrogens (tertiary/aromatic N) is 1. The molecule has 0 atom stereocenters. The number of unbranched alkanes of at least 4 members (excludes halogenated alkanes) is 1. The molecule has 1 aromatic rings. The molecule has 14 heavy (non-hydrogen) atoms. The van der Waals surface area contributed by atoms with Crippen molar-refractivity contribution in [2.24, 2.45) is 0 Å². The van der Waals surface area contributed by atoms with Gasteiger partial charge in [-0.1, -0.05) is 20.3 Å². The average Bonchev–Trinajstić information content (AvgIpc) is 2.52. The fraction of sp³-hybridized carbons (Fsp3) is 0.727. The van der Waals surface area contributed by atoms with Crippen LogP contribution in [0.3, 0.4) is 0 Å². The van der Waals surface area contributed by atoms with E-state index in [1.165, 1.54) is 0 Å². The maximum atomic E-state index is 11.8. The lowest BCUT2D eigenvalue weighted by atomic mass is 10.1. The van der Waals surface area contributed by atoms with Gasteiger partial charge in [-0.2, -0.15) is 0 Å². The van der Waals surface area contributed by atoms with Crippen molar-refractivity contribution in [2.45, 2.75) is 53.0 Å². The summed E-state index contributed by atoms with van der Waals surface area (Å²) in [6, 6.07) is 0. The highest BCUT2D eigenvalue weighted by molar-refractivity contribution is 5.17. The van der Waals surface area contributed by atoms with Crippen LogP contribution in [0, 0.1) is 0 Å². The molecule has 0 saturated carbocycles. The second kappa shape index (κ2) is 5.03. The summed E-state index contributed by atoms with van der Waals surface area (Å²) in [5.41, 5.74) is 2.29. The predicted octanol–water partition coefficient (Wildman–Crippen LogP) is 2.10. The molecule has 0 radical (unpaired) electrons. The molecule has 1 heterocycles. The first kappa shape index (κ1) is 11.1. The lowest BCUT2D eigenvalue weighted by Gasteiger charge is -1.96. The van der Waals surface area contributed by atoms with Crippen molar-refractivity contribution in [3.05, 3.63) is 21.6 Å². The molecule has 3 nitrogen and oxygen atoms in total. The fourth-order valence-electron chi connectivity index (χ4n) is 1.70. The quantitative estimate of drug-likeness (QED) is 0.769. The zero-order chi connectivity index (χ0) is 10.6. The third kappa shape index (κ3) is 2.08. The van der Waals surface area contributed by atoms with Crippen molar-refractivity contribution in [3.8, 4) is 0 Å². The van der Waals surface area contributed by atoms with Crippen LogP contribution in [0.25, 0.3) is 0 Å². The highest BCUT2D eigenvalue weighted by atomic mass is 16.1. The Bertz CT molecular complexity index is 336. The molecule has 0 spiro atoms. The van der Waals surface area contributed by atoms with Crippen LogP contribution in [0.1, 0.15) is 44.9 Å². The summed E-state index contributed by atoms with van der Waals surface area (Å²) in [6.45, 7) is 6.95. The van der Waals surface area contributed by atoms with E-state index < -0.39 is 0 Å². The fourth-order valence-corrected chi connectivity index (χ4v) is 1.70. The number of hydrogen-bond donors (Lipinski definition) is 1. The number of aryl methyl sites for hydroxylation is 2. The maximum absolute atomic E-state index is 11.8. The normalized spacial score (nSPS) is 10.8. The lowest BCUT2D eigenvalue weighted by molar-refractivity contribution is 0.627. The highest BCUT2D eigenvalue weighted by Gasteiger charge is 2.10. The second-order valence-electron chi connectivity index (χ2n) is 3.58. The summed E-state index contributed by atoms with van der Waals surface area (Å²) in [6.07, 6.45) is 4.08. The molecular weight excluding hydrogens is 176 g/mol. The average molecular weight is 196 g/mol. The third-order valence-corrected chi connectivity index (χ3v) is 2.59. The van der Waals surface area contributed by atoms with Crippen LogP contribution >= 0.6 is 0 Å². The Morgan fingerprint density at radius 1 is 1.29 bits per heavy atom. The van der Waals surface area contributed by atoms with E-state index in [4.69, 9.17) is 0 Å². The van der Waals surface area contributed by atoms with E-state index in [0.29, 0.717) is 0 Å². The van der Waals surface area contributed by atoms with Crippen molar-refractivity contribution in [2.75, 3.05) is 0 Å². The number of hydrogen-bond acceptors (Lipinski definition) is 1. The molecule has 80 valence electrons. The van der Waals surface area contributed by atoms with Gasteiger partial charge in [0.1, 0.15) is 0 Å². The minimum atomic E-state index is 0.179. The topological polar surface area (TPSA) is 37.8 Å². The van der Waals surface area contributed by atoms with Crippen LogP contribution < -0.4 is 5.56 Å². The van der Waals surface area contributed by atoms with Gasteiger partial charge in [-0.05, 0) is 26.2 Å². The van der Waals surface area contributed by atoms with Crippen LogP contribution in [-0.2, 0) is 19.4 Å². The first-order valence-electron chi connectivity index (χ1n) is 5.55. The summed E-state index contributed by atoms with van der Waals surface area (Å²) in [4.78, 5) is 11.8. The largest absolute Gasteiger partial charge is 0.299 e. The van der Waals surface area contributed by atoms with Crippen molar-refractivity contribution in [1.29, 1.82) is 0 Å². The first-order chi connectivity index (χ1) is 6.74.